The minimum absolute atomic E-state index is 0.0366. The topological polar surface area (TPSA) is 75.9 Å². The summed E-state index contributed by atoms with van der Waals surface area (Å²) < 4.78 is 5.35. The Bertz CT molecular complexity index is 603. The molecule has 0 bridgehead atoms. The van der Waals surface area contributed by atoms with Gasteiger partial charge in [0.1, 0.15) is 5.75 Å². The Kier molecular flexibility index (Phi) is 5.26. The zero-order chi connectivity index (χ0) is 17.1. The lowest BCUT2D eigenvalue weighted by Crippen LogP contribution is -2.43. The summed E-state index contributed by atoms with van der Waals surface area (Å²) in [6.45, 7) is 4.64. The number of carbonyl (C=O) groups is 2. The molecule has 1 aliphatic heterocycles. The summed E-state index contributed by atoms with van der Waals surface area (Å²) in [6, 6.07) is 5.65. The van der Waals surface area contributed by atoms with Gasteiger partial charge in [-0.3, -0.25) is 9.59 Å². The predicted octanol–water partition coefficient (Wildman–Crippen LogP) is 1.16. The normalized spacial score (nSPS) is 18.9. The van der Waals surface area contributed by atoms with Gasteiger partial charge in [0.25, 0.3) is 0 Å². The van der Waals surface area contributed by atoms with Gasteiger partial charge in [0.2, 0.25) is 11.8 Å². The Balaban J connectivity index is 2.20. The van der Waals surface area contributed by atoms with Crippen LogP contribution in [0.4, 0.5) is 5.69 Å². The number of anilines is 1. The van der Waals surface area contributed by atoms with Crippen molar-refractivity contribution in [1.29, 1.82) is 0 Å². The second-order valence-electron chi connectivity index (χ2n) is 6.11. The summed E-state index contributed by atoms with van der Waals surface area (Å²) in [5.74, 6) is 0.207. The molecule has 1 aromatic carbocycles. The highest BCUT2D eigenvalue weighted by Gasteiger charge is 2.38. The molecule has 1 heterocycles. The lowest BCUT2D eigenvalue weighted by molar-refractivity contribution is -0.136. The van der Waals surface area contributed by atoms with Crippen LogP contribution in [0.5, 0.6) is 5.75 Å². The largest absolute Gasteiger partial charge is 0.495 e. The smallest absolute Gasteiger partial charge is 0.228 e. The van der Waals surface area contributed by atoms with E-state index < -0.39 is 0 Å². The first-order valence-electron chi connectivity index (χ1n) is 7.80. The van der Waals surface area contributed by atoms with Crippen LogP contribution < -0.4 is 15.4 Å². The van der Waals surface area contributed by atoms with Crippen molar-refractivity contribution in [2.75, 3.05) is 32.1 Å². The fourth-order valence-electron chi connectivity index (χ4n) is 2.78. The molecule has 0 aliphatic carbocycles. The minimum atomic E-state index is -0.341. The summed E-state index contributed by atoms with van der Waals surface area (Å²) >= 11 is 0. The van der Waals surface area contributed by atoms with Gasteiger partial charge in [-0.2, -0.15) is 0 Å². The number of ether oxygens (including phenoxy) is 1. The third-order valence-corrected chi connectivity index (χ3v) is 4.45. The van der Waals surface area contributed by atoms with Gasteiger partial charge < -0.3 is 20.3 Å². The molecule has 2 atom stereocenters. The molecule has 6 nitrogen and oxygen atoms in total. The number of hydrogen-bond donors (Lipinski definition) is 1. The molecule has 0 radical (unpaired) electrons. The number of methoxy groups -OCH3 is 1. The number of amides is 2. The van der Waals surface area contributed by atoms with Crippen molar-refractivity contribution < 1.29 is 14.3 Å². The van der Waals surface area contributed by atoms with E-state index in [-0.39, 0.29) is 30.2 Å². The fraction of sp³-hybridized carbons (Fsp3) is 0.529. The van der Waals surface area contributed by atoms with Gasteiger partial charge >= 0.3 is 0 Å². The zero-order valence-electron chi connectivity index (χ0n) is 14.2. The van der Waals surface area contributed by atoms with Crippen LogP contribution in [0, 0.1) is 12.8 Å². The molecule has 2 rings (SSSR count). The lowest BCUT2D eigenvalue weighted by Gasteiger charge is -2.26. The van der Waals surface area contributed by atoms with E-state index in [9.17, 15) is 9.59 Å². The summed E-state index contributed by atoms with van der Waals surface area (Å²) in [7, 11) is 3.31. The fourth-order valence-corrected chi connectivity index (χ4v) is 2.78. The average Bonchev–Trinajstić information content (AvgIpc) is 2.94. The summed E-state index contributed by atoms with van der Waals surface area (Å²) in [5, 5.41) is 0. The van der Waals surface area contributed by atoms with E-state index in [1.807, 2.05) is 32.0 Å². The molecular weight excluding hydrogens is 294 g/mol. The Morgan fingerprint density at radius 3 is 2.83 bits per heavy atom. The van der Waals surface area contributed by atoms with E-state index in [1.54, 1.807) is 24.0 Å². The summed E-state index contributed by atoms with van der Waals surface area (Å²) in [6.07, 6.45) is 0.220. The van der Waals surface area contributed by atoms with Crippen LogP contribution in [-0.4, -0.2) is 50.0 Å². The van der Waals surface area contributed by atoms with Gasteiger partial charge in [0.05, 0.1) is 18.7 Å². The molecule has 23 heavy (non-hydrogen) atoms. The number of nitrogens with zero attached hydrogens (tertiary/aromatic N) is 2. The van der Waals surface area contributed by atoms with E-state index in [4.69, 9.17) is 10.5 Å². The van der Waals surface area contributed by atoms with Gasteiger partial charge in [-0.15, -0.1) is 0 Å². The molecule has 1 aliphatic rings. The number of nitrogens with two attached hydrogens (primary N) is 1. The Morgan fingerprint density at radius 1 is 1.52 bits per heavy atom. The number of carbonyl (C=O) groups excluding carboxylic acids is 2. The van der Waals surface area contributed by atoms with Gasteiger partial charge in [-0.25, -0.2) is 0 Å². The highest BCUT2D eigenvalue weighted by Crippen LogP contribution is 2.34. The van der Waals surface area contributed by atoms with Crippen molar-refractivity contribution in [2.24, 2.45) is 11.7 Å². The van der Waals surface area contributed by atoms with Crippen molar-refractivity contribution in [2.45, 2.75) is 26.3 Å². The van der Waals surface area contributed by atoms with Crippen LogP contribution in [-0.2, 0) is 9.59 Å². The van der Waals surface area contributed by atoms with Crippen LogP contribution in [0.15, 0.2) is 18.2 Å². The highest BCUT2D eigenvalue weighted by molar-refractivity contribution is 6.01. The van der Waals surface area contributed by atoms with Gasteiger partial charge in [0.15, 0.2) is 0 Å². The zero-order valence-corrected chi connectivity index (χ0v) is 14.2. The van der Waals surface area contributed by atoms with Crippen molar-refractivity contribution in [3.8, 4) is 5.75 Å². The standard InChI is InChI=1S/C17H25N3O3/c1-11-5-6-15(23-4)14(7-11)20-10-13(8-16(20)21)17(22)19(3)12(2)9-18/h5-7,12-13H,8-10,18H2,1-4H3. The number of rotatable bonds is 5. The molecule has 2 N–H and O–H groups in total. The second-order valence-corrected chi connectivity index (χ2v) is 6.11. The first kappa shape index (κ1) is 17.3. The quantitative estimate of drug-likeness (QED) is 0.884. The Hall–Kier alpha value is -2.08. The monoisotopic (exact) mass is 319 g/mol. The number of hydrogen-bond acceptors (Lipinski definition) is 4. The van der Waals surface area contributed by atoms with Crippen LogP contribution >= 0.6 is 0 Å². The maximum Gasteiger partial charge on any atom is 0.228 e. The van der Waals surface area contributed by atoms with Crippen LogP contribution in [0.3, 0.4) is 0 Å². The van der Waals surface area contributed by atoms with Crippen molar-refractivity contribution >= 4 is 17.5 Å². The molecule has 0 aromatic heterocycles. The van der Waals surface area contributed by atoms with Gasteiger partial charge in [-0.05, 0) is 31.5 Å². The van der Waals surface area contributed by atoms with Crippen molar-refractivity contribution in [3.63, 3.8) is 0 Å². The molecule has 126 valence electrons. The Morgan fingerprint density at radius 2 is 2.22 bits per heavy atom. The van der Waals surface area contributed by atoms with E-state index in [2.05, 4.69) is 0 Å². The van der Waals surface area contributed by atoms with Crippen molar-refractivity contribution in [3.05, 3.63) is 23.8 Å². The second kappa shape index (κ2) is 7.00. The first-order chi connectivity index (χ1) is 10.9. The van der Waals surface area contributed by atoms with Crippen LogP contribution in [0.2, 0.25) is 0 Å². The molecule has 0 spiro atoms. The number of aryl methyl sites for hydroxylation is 1. The highest BCUT2D eigenvalue weighted by atomic mass is 16.5. The van der Waals surface area contributed by atoms with Crippen molar-refractivity contribution in [1.82, 2.24) is 4.90 Å². The molecule has 2 amide bonds. The molecule has 2 unspecified atom stereocenters. The maximum absolute atomic E-state index is 12.5. The summed E-state index contributed by atoms with van der Waals surface area (Å²) in [5.41, 5.74) is 7.39. The Labute approximate surface area is 137 Å². The average molecular weight is 319 g/mol. The SMILES string of the molecule is COc1ccc(C)cc1N1CC(C(=O)N(C)C(C)CN)CC1=O. The first-order valence-corrected chi connectivity index (χ1v) is 7.80. The van der Waals surface area contributed by atoms with Crippen LogP contribution in [0.1, 0.15) is 18.9 Å². The van der Waals surface area contributed by atoms with Crippen LogP contribution in [0.25, 0.3) is 0 Å². The van der Waals surface area contributed by atoms with Gasteiger partial charge in [0, 0.05) is 32.6 Å². The van der Waals surface area contributed by atoms with E-state index in [0.29, 0.717) is 18.8 Å². The molecule has 1 aromatic rings. The third kappa shape index (κ3) is 3.47. The third-order valence-electron chi connectivity index (χ3n) is 4.45. The predicted molar refractivity (Wildman–Crippen MR) is 89.5 cm³/mol. The molecule has 1 saturated heterocycles. The molecular formula is C17H25N3O3. The minimum Gasteiger partial charge on any atom is -0.495 e. The maximum atomic E-state index is 12.5. The van der Waals surface area contributed by atoms with Gasteiger partial charge in [-0.1, -0.05) is 6.07 Å². The summed E-state index contributed by atoms with van der Waals surface area (Å²) in [4.78, 5) is 28.2. The van der Waals surface area contributed by atoms with E-state index in [0.717, 1.165) is 11.3 Å². The number of likely N-dealkylation sites (N-methyl/N-ethyl adjacent to an activating group) is 1. The van der Waals surface area contributed by atoms with E-state index >= 15 is 0 Å². The lowest BCUT2D eigenvalue weighted by atomic mass is 10.1. The molecule has 0 saturated carbocycles. The number of benzene rings is 1. The molecule has 6 heteroatoms. The van der Waals surface area contributed by atoms with E-state index in [1.165, 1.54) is 0 Å². The molecule has 1 fully saturated rings.